The van der Waals surface area contributed by atoms with Crippen molar-refractivity contribution in [3.63, 3.8) is 0 Å². The molecule has 136 valence electrons. The van der Waals surface area contributed by atoms with Crippen LogP contribution >= 0.6 is 0 Å². The van der Waals surface area contributed by atoms with Gasteiger partial charge in [0.25, 0.3) is 0 Å². The van der Waals surface area contributed by atoms with Gasteiger partial charge in [-0.25, -0.2) is 0 Å². The van der Waals surface area contributed by atoms with E-state index in [0.29, 0.717) is 11.8 Å². The minimum absolute atomic E-state index is 0.0751. The van der Waals surface area contributed by atoms with Crippen LogP contribution in [0.3, 0.4) is 0 Å². The molecule has 0 amide bonds. The van der Waals surface area contributed by atoms with Crippen molar-refractivity contribution in [1.29, 1.82) is 0 Å². The van der Waals surface area contributed by atoms with Gasteiger partial charge < -0.3 is 4.74 Å². The average Bonchev–Trinajstić information content (AvgIpc) is 3.07. The summed E-state index contributed by atoms with van der Waals surface area (Å²) in [6.45, 7) is 14.7. The first-order chi connectivity index (χ1) is 11.5. The van der Waals surface area contributed by atoms with Crippen LogP contribution in [0.15, 0.2) is 24.3 Å². The van der Waals surface area contributed by atoms with E-state index in [9.17, 15) is 4.79 Å². The number of esters is 1. The van der Waals surface area contributed by atoms with Crippen molar-refractivity contribution in [3.8, 4) is 5.75 Å². The van der Waals surface area contributed by atoms with Crippen LogP contribution in [0.2, 0.25) is 0 Å². The second kappa shape index (κ2) is 6.00. The summed E-state index contributed by atoms with van der Waals surface area (Å²) in [5.74, 6) is 2.55. The predicted octanol–water partition coefficient (Wildman–Crippen LogP) is 5.89. The lowest BCUT2D eigenvalue weighted by Gasteiger charge is -2.31. The largest absolute Gasteiger partial charge is 0.426 e. The Morgan fingerprint density at radius 2 is 1.52 bits per heavy atom. The summed E-state index contributed by atoms with van der Waals surface area (Å²) in [6, 6.07) is 4.62. The molecular formula is C23H32O2. The number of rotatable bonds is 2. The van der Waals surface area contributed by atoms with Crippen LogP contribution < -0.4 is 4.74 Å². The average molecular weight is 341 g/mol. The van der Waals surface area contributed by atoms with E-state index in [-0.39, 0.29) is 16.8 Å². The van der Waals surface area contributed by atoms with Gasteiger partial charge in [-0.05, 0) is 47.0 Å². The zero-order valence-electron chi connectivity index (χ0n) is 16.8. The van der Waals surface area contributed by atoms with Gasteiger partial charge in [-0.2, -0.15) is 0 Å². The van der Waals surface area contributed by atoms with Crippen molar-refractivity contribution in [2.24, 2.45) is 11.8 Å². The minimum atomic E-state index is -0.244. The third-order valence-electron chi connectivity index (χ3n) is 5.68. The van der Waals surface area contributed by atoms with Gasteiger partial charge >= 0.3 is 5.97 Å². The number of benzene rings is 1. The van der Waals surface area contributed by atoms with E-state index >= 15 is 0 Å². The Bertz CT molecular complexity index is 678. The number of fused-ring (bicyclic) bond motifs is 2. The normalized spacial score (nSPS) is 25.5. The van der Waals surface area contributed by atoms with Crippen molar-refractivity contribution in [2.75, 3.05) is 0 Å². The highest BCUT2D eigenvalue weighted by molar-refractivity contribution is 5.71. The van der Waals surface area contributed by atoms with Crippen LogP contribution in [0, 0.1) is 11.8 Å². The van der Waals surface area contributed by atoms with E-state index in [4.69, 9.17) is 4.74 Å². The molecule has 1 fully saturated rings. The molecule has 0 aromatic heterocycles. The number of hydrogen-bond donors (Lipinski definition) is 0. The molecule has 3 unspecified atom stereocenters. The zero-order valence-corrected chi connectivity index (χ0v) is 16.8. The molecule has 0 radical (unpaired) electrons. The molecule has 25 heavy (non-hydrogen) atoms. The number of carbonyl (C=O) groups excluding carboxylic acids is 1. The molecule has 3 rings (SSSR count). The molecule has 2 nitrogen and oxygen atoms in total. The second-order valence-electron chi connectivity index (χ2n) is 9.93. The highest BCUT2D eigenvalue weighted by Gasteiger charge is 2.38. The quantitative estimate of drug-likeness (QED) is 0.381. The van der Waals surface area contributed by atoms with Crippen LogP contribution in [-0.2, 0) is 15.6 Å². The maximum atomic E-state index is 11.8. The molecule has 0 heterocycles. The van der Waals surface area contributed by atoms with Gasteiger partial charge in [0.2, 0.25) is 0 Å². The molecule has 2 bridgehead atoms. The fourth-order valence-corrected chi connectivity index (χ4v) is 4.40. The molecule has 1 saturated carbocycles. The molecule has 0 N–H and O–H groups in total. The predicted molar refractivity (Wildman–Crippen MR) is 103 cm³/mol. The fraction of sp³-hybridized carbons (Fsp3) is 0.609. The first-order valence-corrected chi connectivity index (χ1v) is 9.52. The number of allylic oxidation sites excluding steroid dienone is 2. The van der Waals surface area contributed by atoms with Crippen molar-refractivity contribution in [1.82, 2.24) is 0 Å². The molecule has 2 aliphatic rings. The lowest BCUT2D eigenvalue weighted by atomic mass is 9.75. The van der Waals surface area contributed by atoms with Gasteiger partial charge in [0.15, 0.2) is 0 Å². The van der Waals surface area contributed by atoms with Crippen molar-refractivity contribution in [2.45, 2.75) is 78.1 Å². The van der Waals surface area contributed by atoms with Crippen LogP contribution in [0.1, 0.15) is 83.9 Å². The summed E-state index contributed by atoms with van der Waals surface area (Å²) in [7, 11) is 0. The van der Waals surface area contributed by atoms with Crippen molar-refractivity contribution in [3.05, 3.63) is 41.0 Å². The molecule has 2 aliphatic carbocycles. The maximum Gasteiger partial charge on any atom is 0.308 e. The highest BCUT2D eigenvalue weighted by atomic mass is 16.5. The monoisotopic (exact) mass is 340 g/mol. The smallest absolute Gasteiger partial charge is 0.308 e. The van der Waals surface area contributed by atoms with E-state index in [1.54, 1.807) is 0 Å². The SMILES string of the molecule is CC(=O)Oc1c(C(C)(C)C)cc(C2CC3C=CC2C3)cc1C(C)(C)C. The van der Waals surface area contributed by atoms with Crippen molar-refractivity contribution < 1.29 is 9.53 Å². The minimum Gasteiger partial charge on any atom is -0.426 e. The Morgan fingerprint density at radius 1 is 0.960 bits per heavy atom. The Kier molecular flexibility index (Phi) is 4.38. The van der Waals surface area contributed by atoms with Crippen LogP contribution in [0.4, 0.5) is 0 Å². The van der Waals surface area contributed by atoms with E-state index < -0.39 is 0 Å². The van der Waals surface area contributed by atoms with Gasteiger partial charge in [0, 0.05) is 18.1 Å². The topological polar surface area (TPSA) is 26.3 Å². The summed E-state index contributed by atoms with van der Waals surface area (Å²) in [6.07, 6.45) is 7.35. The van der Waals surface area contributed by atoms with Gasteiger partial charge in [-0.15, -0.1) is 0 Å². The lowest BCUT2D eigenvalue weighted by molar-refractivity contribution is -0.132. The third-order valence-corrected chi connectivity index (χ3v) is 5.68. The van der Waals surface area contributed by atoms with Gasteiger partial charge in [-0.3, -0.25) is 4.79 Å². The molecular weight excluding hydrogens is 308 g/mol. The third kappa shape index (κ3) is 3.54. The van der Waals surface area contributed by atoms with Gasteiger partial charge in [-0.1, -0.05) is 65.8 Å². The standard InChI is InChI=1S/C23H32O2/c1-14(24)25-21-19(22(2,3)4)12-17(13-20(21)23(5,6)7)18-11-15-8-9-16(18)10-15/h8-9,12-13,15-16,18H,10-11H2,1-7H3. The van der Waals surface area contributed by atoms with E-state index in [1.807, 2.05) is 0 Å². The maximum absolute atomic E-state index is 11.8. The number of carbonyl (C=O) groups is 1. The first-order valence-electron chi connectivity index (χ1n) is 9.52. The fourth-order valence-electron chi connectivity index (χ4n) is 4.40. The molecule has 0 saturated heterocycles. The Balaban J connectivity index is 2.18. The van der Waals surface area contributed by atoms with Crippen molar-refractivity contribution >= 4 is 5.97 Å². The summed E-state index contributed by atoms with van der Waals surface area (Å²) < 4.78 is 5.76. The van der Waals surface area contributed by atoms with Crippen LogP contribution in [0.5, 0.6) is 5.75 Å². The summed E-state index contributed by atoms with van der Waals surface area (Å²) in [4.78, 5) is 11.8. The van der Waals surface area contributed by atoms with Crippen LogP contribution in [0.25, 0.3) is 0 Å². The Labute approximate surface area is 152 Å². The first kappa shape index (κ1) is 18.2. The molecule has 0 spiro atoms. The molecule has 2 heteroatoms. The Hall–Kier alpha value is -1.57. The van der Waals surface area contributed by atoms with E-state index in [2.05, 4.69) is 65.8 Å². The summed E-state index contributed by atoms with van der Waals surface area (Å²) >= 11 is 0. The van der Waals surface area contributed by atoms with E-state index in [0.717, 1.165) is 22.8 Å². The molecule has 3 atom stereocenters. The molecule has 1 aromatic carbocycles. The van der Waals surface area contributed by atoms with Gasteiger partial charge in [0.1, 0.15) is 5.75 Å². The van der Waals surface area contributed by atoms with Gasteiger partial charge in [0.05, 0.1) is 0 Å². The number of ether oxygens (including phenoxy) is 1. The Morgan fingerprint density at radius 3 is 1.88 bits per heavy atom. The van der Waals surface area contributed by atoms with E-state index in [1.165, 1.54) is 25.3 Å². The summed E-state index contributed by atoms with van der Waals surface area (Å²) in [5.41, 5.74) is 3.57. The molecule has 0 aliphatic heterocycles. The highest BCUT2D eigenvalue weighted by Crippen LogP contribution is 2.51. The lowest BCUT2D eigenvalue weighted by Crippen LogP contribution is -2.22. The summed E-state index contributed by atoms with van der Waals surface area (Å²) in [5, 5.41) is 0. The van der Waals surface area contributed by atoms with Crippen LogP contribution in [-0.4, -0.2) is 5.97 Å². The molecule has 1 aromatic rings. The second-order valence-corrected chi connectivity index (χ2v) is 9.93. The number of hydrogen-bond acceptors (Lipinski definition) is 2. The zero-order chi connectivity index (χ0) is 18.6.